The molecule has 3 rings (SSSR count). The molecule has 2 aromatic rings. The van der Waals surface area contributed by atoms with Gasteiger partial charge in [0.2, 0.25) is 0 Å². The number of aromatic hydroxyl groups is 1. The normalized spacial score (nSPS) is 15.1. The molecule has 0 radical (unpaired) electrons. The number of hydrogen-bond donors (Lipinski definition) is 3. The van der Waals surface area contributed by atoms with E-state index in [4.69, 9.17) is 9.47 Å². The van der Waals surface area contributed by atoms with Crippen LogP contribution in [-0.4, -0.2) is 54.2 Å². The first kappa shape index (κ1) is 17.8. The van der Waals surface area contributed by atoms with Gasteiger partial charge in [0.25, 0.3) is 5.56 Å². The molecule has 1 fully saturated rings. The van der Waals surface area contributed by atoms with Gasteiger partial charge in [0, 0.05) is 37.9 Å². The summed E-state index contributed by atoms with van der Waals surface area (Å²) in [5.41, 5.74) is -0.379. The number of phenolic OH excluding ortho intramolecular Hbond substituents is 1. The van der Waals surface area contributed by atoms with Crippen molar-refractivity contribution in [3.05, 3.63) is 22.5 Å². The minimum Gasteiger partial charge on any atom is -0.504 e. The Labute approximate surface area is 149 Å². The van der Waals surface area contributed by atoms with Gasteiger partial charge in [0.1, 0.15) is 6.10 Å². The lowest BCUT2D eigenvalue weighted by atomic mass is 10.1. The van der Waals surface area contributed by atoms with Crippen LogP contribution in [0.5, 0.6) is 11.5 Å². The Morgan fingerprint density at radius 3 is 2.77 bits per heavy atom. The van der Waals surface area contributed by atoms with Gasteiger partial charge in [0.05, 0.1) is 12.5 Å². The first-order valence-corrected chi connectivity index (χ1v) is 8.52. The molecule has 140 valence electrons. The molecule has 0 aliphatic carbocycles. The summed E-state index contributed by atoms with van der Waals surface area (Å²) >= 11 is 0. The molecule has 1 aliphatic rings. The largest absolute Gasteiger partial charge is 0.504 e. The third kappa shape index (κ3) is 3.51. The zero-order chi connectivity index (χ0) is 18.7. The van der Waals surface area contributed by atoms with Crippen LogP contribution in [0.2, 0.25) is 0 Å². The molecule has 9 nitrogen and oxygen atoms in total. The number of phenols is 1. The van der Waals surface area contributed by atoms with Gasteiger partial charge in [-0.15, -0.1) is 0 Å². The van der Waals surface area contributed by atoms with Crippen LogP contribution in [0.4, 0.5) is 10.6 Å². The number of carbonyl (C=O) groups is 1. The summed E-state index contributed by atoms with van der Waals surface area (Å²) in [6.45, 7) is 3.62. The number of ether oxygens (including phenoxy) is 2. The number of amides is 1. The average Bonchev–Trinajstić information content (AvgIpc) is 2.63. The first-order chi connectivity index (χ1) is 12.5. The number of fused-ring (bicyclic) bond motifs is 1. The van der Waals surface area contributed by atoms with E-state index in [0.717, 1.165) is 0 Å². The SMILES string of the molecule is CCNC(=O)OC1CCN(c2n[nH]c(=O)c3cc(O)c(OC)cc23)CC1. The second-order valence-electron chi connectivity index (χ2n) is 6.07. The highest BCUT2D eigenvalue weighted by Gasteiger charge is 2.25. The molecule has 9 heteroatoms. The Morgan fingerprint density at radius 1 is 1.38 bits per heavy atom. The van der Waals surface area contributed by atoms with Crippen LogP contribution in [0.1, 0.15) is 19.8 Å². The van der Waals surface area contributed by atoms with Crippen molar-refractivity contribution in [3.63, 3.8) is 0 Å². The number of benzene rings is 1. The van der Waals surface area contributed by atoms with Crippen molar-refractivity contribution < 1.29 is 19.4 Å². The molecule has 3 N–H and O–H groups in total. The maximum atomic E-state index is 12.0. The Hall–Kier alpha value is -2.97. The molecule has 1 aromatic heterocycles. The molecular formula is C17H22N4O5. The number of methoxy groups -OCH3 is 1. The average molecular weight is 362 g/mol. The van der Waals surface area contributed by atoms with Crippen LogP contribution in [0.25, 0.3) is 10.8 Å². The van der Waals surface area contributed by atoms with Crippen molar-refractivity contribution >= 4 is 22.7 Å². The van der Waals surface area contributed by atoms with Crippen LogP contribution in [0.15, 0.2) is 16.9 Å². The zero-order valence-corrected chi connectivity index (χ0v) is 14.7. The molecular weight excluding hydrogens is 340 g/mol. The van der Waals surface area contributed by atoms with E-state index in [2.05, 4.69) is 15.5 Å². The van der Waals surface area contributed by atoms with Gasteiger partial charge in [0.15, 0.2) is 17.3 Å². The number of nitrogens with one attached hydrogen (secondary N) is 2. The Morgan fingerprint density at radius 2 is 2.12 bits per heavy atom. The number of nitrogens with zero attached hydrogens (tertiary/aromatic N) is 2. The number of carbonyl (C=O) groups excluding carboxylic acids is 1. The van der Waals surface area contributed by atoms with Gasteiger partial charge in [-0.1, -0.05) is 0 Å². The predicted octanol–water partition coefficient (Wildman–Crippen LogP) is 1.35. The Kier molecular flexibility index (Phi) is 5.15. The van der Waals surface area contributed by atoms with E-state index < -0.39 is 6.09 Å². The van der Waals surface area contributed by atoms with E-state index in [1.54, 1.807) is 6.07 Å². The monoisotopic (exact) mass is 362 g/mol. The minimum absolute atomic E-state index is 0.100. The van der Waals surface area contributed by atoms with E-state index in [9.17, 15) is 14.7 Å². The van der Waals surface area contributed by atoms with Crippen LogP contribution in [0, 0.1) is 0 Å². The van der Waals surface area contributed by atoms with Crippen molar-refractivity contribution in [1.82, 2.24) is 15.5 Å². The Bertz CT molecular complexity index is 858. The highest BCUT2D eigenvalue weighted by atomic mass is 16.6. The number of alkyl carbamates (subject to hydrolysis) is 1. The van der Waals surface area contributed by atoms with Crippen molar-refractivity contribution in [3.8, 4) is 11.5 Å². The van der Waals surface area contributed by atoms with Gasteiger partial charge in [-0.05, 0) is 19.1 Å². The van der Waals surface area contributed by atoms with Gasteiger partial charge in [-0.25, -0.2) is 9.89 Å². The van der Waals surface area contributed by atoms with Crippen molar-refractivity contribution in [1.29, 1.82) is 0 Å². The molecule has 0 unspecified atom stereocenters. The van der Waals surface area contributed by atoms with E-state index in [1.165, 1.54) is 13.2 Å². The molecule has 2 heterocycles. The van der Waals surface area contributed by atoms with E-state index in [0.29, 0.717) is 49.1 Å². The molecule has 0 atom stereocenters. The summed E-state index contributed by atoms with van der Waals surface area (Å²) in [6.07, 6.45) is 0.771. The molecule has 0 spiro atoms. The van der Waals surface area contributed by atoms with Gasteiger partial charge >= 0.3 is 6.09 Å². The molecule has 1 amide bonds. The number of piperidine rings is 1. The molecule has 0 saturated carbocycles. The maximum absolute atomic E-state index is 12.0. The lowest BCUT2D eigenvalue weighted by Gasteiger charge is -2.32. The van der Waals surface area contributed by atoms with Crippen molar-refractivity contribution in [2.24, 2.45) is 0 Å². The molecule has 0 bridgehead atoms. The fourth-order valence-corrected chi connectivity index (χ4v) is 3.09. The Balaban J connectivity index is 1.82. The summed E-state index contributed by atoms with van der Waals surface area (Å²) in [5, 5.41) is 20.1. The fourth-order valence-electron chi connectivity index (χ4n) is 3.09. The third-order valence-corrected chi connectivity index (χ3v) is 4.40. The maximum Gasteiger partial charge on any atom is 0.407 e. The molecule has 26 heavy (non-hydrogen) atoms. The summed E-state index contributed by atoms with van der Waals surface area (Å²) in [6, 6.07) is 2.99. The van der Waals surface area contributed by atoms with Gasteiger partial charge < -0.3 is 24.8 Å². The van der Waals surface area contributed by atoms with Crippen molar-refractivity contribution in [2.75, 3.05) is 31.6 Å². The number of anilines is 1. The predicted molar refractivity (Wildman–Crippen MR) is 96.0 cm³/mol. The summed E-state index contributed by atoms with van der Waals surface area (Å²) < 4.78 is 10.5. The lowest BCUT2D eigenvalue weighted by Crippen LogP contribution is -2.40. The van der Waals surface area contributed by atoms with Crippen LogP contribution >= 0.6 is 0 Å². The van der Waals surface area contributed by atoms with Gasteiger partial charge in [-0.2, -0.15) is 5.10 Å². The number of rotatable bonds is 4. The summed E-state index contributed by atoms with van der Waals surface area (Å²) in [5.74, 6) is 0.784. The number of H-pyrrole nitrogens is 1. The molecule has 1 saturated heterocycles. The number of aromatic amines is 1. The lowest BCUT2D eigenvalue weighted by molar-refractivity contribution is 0.0836. The fraction of sp³-hybridized carbons (Fsp3) is 0.471. The number of hydrogen-bond acceptors (Lipinski definition) is 7. The van der Waals surface area contributed by atoms with E-state index in [-0.39, 0.29) is 23.2 Å². The summed E-state index contributed by atoms with van der Waals surface area (Å²) in [7, 11) is 1.45. The molecule has 1 aromatic carbocycles. The topological polar surface area (TPSA) is 117 Å². The zero-order valence-electron chi connectivity index (χ0n) is 14.7. The quantitative estimate of drug-likeness (QED) is 0.751. The van der Waals surface area contributed by atoms with E-state index in [1.807, 2.05) is 11.8 Å². The standard InChI is InChI=1S/C17H22N4O5/c1-3-18-17(24)26-10-4-6-21(7-5-10)15-11-9-14(25-2)13(22)8-12(11)16(23)20-19-15/h8-10,22H,3-7H2,1-2H3,(H,18,24)(H,20,23). The van der Waals surface area contributed by atoms with Crippen LogP contribution < -0.4 is 20.5 Å². The van der Waals surface area contributed by atoms with Crippen LogP contribution in [0.3, 0.4) is 0 Å². The smallest absolute Gasteiger partial charge is 0.407 e. The molecule has 1 aliphatic heterocycles. The summed E-state index contributed by atoms with van der Waals surface area (Å²) in [4.78, 5) is 25.6. The van der Waals surface area contributed by atoms with Crippen molar-refractivity contribution in [2.45, 2.75) is 25.9 Å². The first-order valence-electron chi connectivity index (χ1n) is 8.52. The highest BCUT2D eigenvalue weighted by molar-refractivity contribution is 5.93. The van der Waals surface area contributed by atoms with Crippen LogP contribution in [-0.2, 0) is 4.74 Å². The third-order valence-electron chi connectivity index (χ3n) is 4.40. The second-order valence-corrected chi connectivity index (χ2v) is 6.07. The highest BCUT2D eigenvalue weighted by Crippen LogP contribution is 2.34. The number of aromatic nitrogens is 2. The second kappa shape index (κ2) is 7.51. The minimum atomic E-state index is -0.404. The van der Waals surface area contributed by atoms with Gasteiger partial charge in [-0.3, -0.25) is 4.79 Å². The van der Waals surface area contributed by atoms with E-state index >= 15 is 0 Å².